The minimum atomic E-state index is -3.96. The lowest BCUT2D eigenvalue weighted by molar-refractivity contribution is 0.102. The molecule has 3 N–H and O–H groups in total. The van der Waals surface area contributed by atoms with E-state index < -0.39 is 10.0 Å². The molecule has 1 aliphatic rings. The first-order valence-corrected chi connectivity index (χ1v) is 11.0. The van der Waals surface area contributed by atoms with Gasteiger partial charge < -0.3 is 10.2 Å². The lowest BCUT2D eigenvalue weighted by atomic mass is 10.0. The predicted molar refractivity (Wildman–Crippen MR) is 110 cm³/mol. The van der Waals surface area contributed by atoms with Crippen LogP contribution in [0.4, 0.5) is 11.4 Å². The monoisotopic (exact) mass is 402 g/mol. The minimum Gasteiger partial charge on any atom is -0.369 e. The zero-order valence-corrected chi connectivity index (χ0v) is 17.1. The first kappa shape index (κ1) is 20.3. The molecule has 2 aromatic rings. The average molecular weight is 403 g/mol. The smallest absolute Gasteiger partial charge is 0.257 e. The van der Waals surface area contributed by atoms with Crippen molar-refractivity contribution < 1.29 is 13.2 Å². The topological polar surface area (TPSA) is 105 Å². The summed E-state index contributed by atoms with van der Waals surface area (Å²) in [6.07, 6.45) is 7.20. The molecule has 1 aliphatic heterocycles. The van der Waals surface area contributed by atoms with E-state index in [2.05, 4.69) is 10.3 Å². The van der Waals surface area contributed by atoms with Crippen LogP contribution in [0.1, 0.15) is 47.2 Å². The number of primary sulfonamides is 1. The molecular weight excluding hydrogens is 376 g/mol. The van der Waals surface area contributed by atoms with Crippen molar-refractivity contribution >= 4 is 27.3 Å². The molecule has 0 atom stereocenters. The summed E-state index contributed by atoms with van der Waals surface area (Å²) in [6.45, 7) is 5.14. The van der Waals surface area contributed by atoms with E-state index in [4.69, 9.17) is 5.14 Å². The Morgan fingerprint density at radius 1 is 1.18 bits per heavy atom. The van der Waals surface area contributed by atoms with Gasteiger partial charge in [0.05, 0.1) is 16.9 Å². The fraction of sp³-hybridized carbons (Fsp3) is 0.400. The predicted octanol–water partition coefficient (Wildman–Crippen LogP) is 2.98. The number of sulfonamides is 1. The maximum atomic E-state index is 12.8. The number of nitrogens with one attached hydrogen (secondary N) is 1. The maximum absolute atomic E-state index is 12.8. The van der Waals surface area contributed by atoms with E-state index in [-0.39, 0.29) is 10.8 Å². The number of hydrogen-bond donors (Lipinski definition) is 2. The van der Waals surface area contributed by atoms with Crippen LogP contribution in [-0.2, 0) is 10.0 Å². The summed E-state index contributed by atoms with van der Waals surface area (Å²) in [7, 11) is -3.96. The number of nitrogens with two attached hydrogens (primary N) is 1. The molecule has 150 valence electrons. The minimum absolute atomic E-state index is 0.0546. The number of pyridine rings is 1. The Bertz CT molecular complexity index is 967. The van der Waals surface area contributed by atoms with Crippen molar-refractivity contribution in [3.8, 4) is 0 Å². The van der Waals surface area contributed by atoms with Gasteiger partial charge in [0.2, 0.25) is 10.0 Å². The van der Waals surface area contributed by atoms with Crippen LogP contribution in [0.3, 0.4) is 0 Å². The standard InChI is InChI=1S/C20H26N4O3S/c1-14-12-17(28(21,26)27)19(24-10-5-3-4-6-11-24)18(15(14)2)23-20(25)16-8-7-9-22-13-16/h7-9,12-13H,3-6,10-11H2,1-2H3,(H,23,25)(H2,21,26,27). The fourth-order valence-corrected chi connectivity index (χ4v) is 4.37. The van der Waals surface area contributed by atoms with Gasteiger partial charge in [-0.1, -0.05) is 12.8 Å². The Balaban J connectivity index is 2.15. The van der Waals surface area contributed by atoms with E-state index in [0.29, 0.717) is 16.9 Å². The average Bonchev–Trinajstić information content (AvgIpc) is 2.94. The molecule has 0 bridgehead atoms. The number of aromatic nitrogens is 1. The zero-order valence-electron chi connectivity index (χ0n) is 16.2. The van der Waals surface area contributed by atoms with Crippen molar-refractivity contribution in [3.63, 3.8) is 0 Å². The number of rotatable bonds is 4. The second kappa shape index (κ2) is 8.28. The normalized spacial score (nSPS) is 15.2. The third kappa shape index (κ3) is 4.34. The van der Waals surface area contributed by atoms with Gasteiger partial charge in [-0.05, 0) is 56.0 Å². The van der Waals surface area contributed by atoms with Gasteiger partial charge in [-0.3, -0.25) is 9.78 Å². The maximum Gasteiger partial charge on any atom is 0.257 e. The number of amides is 1. The number of benzene rings is 1. The van der Waals surface area contributed by atoms with Gasteiger partial charge in [0.25, 0.3) is 5.91 Å². The Kier molecular flexibility index (Phi) is 6.00. The second-order valence-corrected chi connectivity index (χ2v) is 8.71. The number of hydrogen-bond acceptors (Lipinski definition) is 5. The highest BCUT2D eigenvalue weighted by atomic mass is 32.2. The van der Waals surface area contributed by atoms with Crippen LogP contribution in [0, 0.1) is 13.8 Å². The lowest BCUT2D eigenvalue weighted by Gasteiger charge is -2.29. The Morgan fingerprint density at radius 2 is 1.86 bits per heavy atom. The molecule has 1 saturated heterocycles. The van der Waals surface area contributed by atoms with Gasteiger partial charge in [-0.2, -0.15) is 0 Å². The van der Waals surface area contributed by atoms with Crippen molar-refractivity contribution in [1.82, 2.24) is 4.98 Å². The van der Waals surface area contributed by atoms with Crippen LogP contribution in [0.15, 0.2) is 35.5 Å². The van der Waals surface area contributed by atoms with Crippen molar-refractivity contribution in [1.29, 1.82) is 0 Å². The fourth-order valence-electron chi connectivity index (χ4n) is 3.53. The molecule has 0 spiro atoms. The van der Waals surface area contributed by atoms with E-state index in [0.717, 1.165) is 49.9 Å². The molecule has 8 heteroatoms. The van der Waals surface area contributed by atoms with Crippen LogP contribution >= 0.6 is 0 Å². The molecule has 28 heavy (non-hydrogen) atoms. The molecule has 7 nitrogen and oxygen atoms in total. The summed E-state index contributed by atoms with van der Waals surface area (Å²) >= 11 is 0. The zero-order chi connectivity index (χ0) is 20.3. The molecule has 0 radical (unpaired) electrons. The summed E-state index contributed by atoms with van der Waals surface area (Å²) in [6, 6.07) is 4.95. The number of aryl methyl sites for hydroxylation is 1. The highest BCUT2D eigenvalue weighted by Gasteiger charge is 2.27. The summed E-state index contributed by atoms with van der Waals surface area (Å²) in [5, 5.41) is 8.48. The third-order valence-corrected chi connectivity index (χ3v) is 6.10. The molecule has 3 rings (SSSR count). The number of nitrogens with zero attached hydrogens (tertiary/aromatic N) is 2. The Hall–Kier alpha value is -2.45. The number of carbonyl (C=O) groups is 1. The van der Waals surface area contributed by atoms with Crippen LogP contribution in [-0.4, -0.2) is 32.4 Å². The molecular formula is C20H26N4O3S. The highest BCUT2D eigenvalue weighted by Crippen LogP contribution is 2.39. The second-order valence-electron chi connectivity index (χ2n) is 7.18. The van der Waals surface area contributed by atoms with Crippen LogP contribution in [0.5, 0.6) is 0 Å². The van der Waals surface area contributed by atoms with E-state index in [1.54, 1.807) is 24.4 Å². The molecule has 1 amide bonds. The first-order valence-electron chi connectivity index (χ1n) is 9.42. The summed E-state index contributed by atoms with van der Waals surface area (Å²) < 4.78 is 24.8. The van der Waals surface area contributed by atoms with Crippen molar-refractivity contribution in [2.45, 2.75) is 44.4 Å². The molecule has 1 aromatic carbocycles. The molecule has 0 saturated carbocycles. The van der Waals surface area contributed by atoms with Crippen molar-refractivity contribution in [2.24, 2.45) is 5.14 Å². The van der Waals surface area contributed by atoms with Gasteiger partial charge in [0, 0.05) is 25.5 Å². The Morgan fingerprint density at radius 3 is 2.43 bits per heavy atom. The third-order valence-electron chi connectivity index (χ3n) is 5.18. The number of carbonyl (C=O) groups excluding carboxylic acids is 1. The molecule has 0 unspecified atom stereocenters. The largest absolute Gasteiger partial charge is 0.369 e. The first-order chi connectivity index (χ1) is 13.3. The number of anilines is 2. The summed E-state index contributed by atoms with van der Waals surface area (Å²) in [4.78, 5) is 18.9. The SMILES string of the molecule is Cc1cc(S(N)(=O)=O)c(N2CCCCCC2)c(NC(=O)c2cccnc2)c1C. The van der Waals surface area contributed by atoms with Gasteiger partial charge in [-0.15, -0.1) is 0 Å². The van der Waals surface area contributed by atoms with E-state index in [1.165, 1.54) is 6.20 Å². The highest BCUT2D eigenvalue weighted by molar-refractivity contribution is 7.89. The van der Waals surface area contributed by atoms with E-state index >= 15 is 0 Å². The van der Waals surface area contributed by atoms with Crippen LogP contribution in [0.2, 0.25) is 0 Å². The summed E-state index contributed by atoms with van der Waals surface area (Å²) in [5.74, 6) is -0.335. The quantitative estimate of drug-likeness (QED) is 0.818. The summed E-state index contributed by atoms with van der Waals surface area (Å²) in [5.41, 5.74) is 2.97. The molecule has 1 aromatic heterocycles. The Labute approximate surface area is 166 Å². The van der Waals surface area contributed by atoms with E-state index in [9.17, 15) is 13.2 Å². The molecule has 2 heterocycles. The van der Waals surface area contributed by atoms with Crippen molar-refractivity contribution in [2.75, 3.05) is 23.3 Å². The molecule has 0 aliphatic carbocycles. The van der Waals surface area contributed by atoms with Crippen LogP contribution in [0.25, 0.3) is 0 Å². The van der Waals surface area contributed by atoms with E-state index in [1.807, 2.05) is 18.7 Å². The molecule has 1 fully saturated rings. The van der Waals surface area contributed by atoms with Gasteiger partial charge in [-0.25, -0.2) is 13.6 Å². The van der Waals surface area contributed by atoms with Gasteiger partial charge in [0.15, 0.2) is 0 Å². The van der Waals surface area contributed by atoms with Gasteiger partial charge >= 0.3 is 0 Å². The van der Waals surface area contributed by atoms with Gasteiger partial charge in [0.1, 0.15) is 4.90 Å². The van der Waals surface area contributed by atoms with Crippen molar-refractivity contribution in [3.05, 3.63) is 47.3 Å². The van der Waals surface area contributed by atoms with Crippen LogP contribution < -0.4 is 15.4 Å². The lowest BCUT2D eigenvalue weighted by Crippen LogP contribution is -2.29.